The summed E-state index contributed by atoms with van der Waals surface area (Å²) in [5.74, 6) is 0.684. The number of benzene rings is 1. The molecular weight excluding hydrogens is 368 g/mol. The SMILES string of the molecule is O=C(Nc1ccnc2ccnn12)C1(c2ccc(Br)cc2)CCCC1. The van der Waals surface area contributed by atoms with E-state index in [9.17, 15) is 4.79 Å². The number of amides is 1. The zero-order chi connectivity index (χ0) is 16.6. The summed E-state index contributed by atoms with van der Waals surface area (Å²) in [5.41, 5.74) is 1.33. The number of carbonyl (C=O) groups excluding carboxylic acids is 1. The van der Waals surface area contributed by atoms with Crippen molar-refractivity contribution >= 4 is 33.3 Å². The van der Waals surface area contributed by atoms with E-state index in [1.54, 1.807) is 23.0 Å². The molecule has 1 amide bonds. The van der Waals surface area contributed by atoms with Gasteiger partial charge in [-0.25, -0.2) is 4.98 Å². The lowest BCUT2D eigenvalue weighted by molar-refractivity contribution is -0.121. The summed E-state index contributed by atoms with van der Waals surface area (Å²) in [7, 11) is 0. The number of carbonyl (C=O) groups is 1. The Balaban J connectivity index is 1.70. The molecule has 0 radical (unpaired) electrons. The summed E-state index contributed by atoms with van der Waals surface area (Å²) in [6.45, 7) is 0. The molecule has 4 rings (SSSR count). The summed E-state index contributed by atoms with van der Waals surface area (Å²) in [5, 5.41) is 7.32. The van der Waals surface area contributed by atoms with Crippen LogP contribution in [0.4, 0.5) is 5.82 Å². The highest BCUT2D eigenvalue weighted by Crippen LogP contribution is 2.42. The maximum Gasteiger partial charge on any atom is 0.236 e. The molecule has 5 nitrogen and oxygen atoms in total. The fourth-order valence-electron chi connectivity index (χ4n) is 3.56. The fraction of sp³-hybridized carbons (Fsp3) is 0.278. The highest BCUT2D eigenvalue weighted by Gasteiger charge is 2.42. The molecule has 1 aliphatic carbocycles. The smallest absolute Gasteiger partial charge is 0.236 e. The van der Waals surface area contributed by atoms with Gasteiger partial charge in [0, 0.05) is 16.7 Å². The normalized spacial score (nSPS) is 16.4. The zero-order valence-corrected chi connectivity index (χ0v) is 14.7. The summed E-state index contributed by atoms with van der Waals surface area (Å²) in [4.78, 5) is 17.4. The van der Waals surface area contributed by atoms with Crippen molar-refractivity contribution in [2.75, 3.05) is 5.32 Å². The van der Waals surface area contributed by atoms with Gasteiger partial charge < -0.3 is 5.32 Å². The second-order valence-electron chi connectivity index (χ2n) is 6.18. The minimum atomic E-state index is -0.469. The van der Waals surface area contributed by atoms with E-state index in [0.29, 0.717) is 5.82 Å². The van der Waals surface area contributed by atoms with Crippen LogP contribution in [-0.2, 0) is 10.2 Å². The van der Waals surface area contributed by atoms with Crippen molar-refractivity contribution in [3.05, 3.63) is 58.8 Å². The largest absolute Gasteiger partial charge is 0.310 e. The van der Waals surface area contributed by atoms with Gasteiger partial charge in [-0.2, -0.15) is 9.61 Å². The average Bonchev–Trinajstić information content (AvgIpc) is 3.26. The van der Waals surface area contributed by atoms with Crippen LogP contribution in [0, 0.1) is 0 Å². The van der Waals surface area contributed by atoms with E-state index in [-0.39, 0.29) is 5.91 Å². The zero-order valence-electron chi connectivity index (χ0n) is 13.1. The van der Waals surface area contributed by atoms with Crippen LogP contribution in [0.25, 0.3) is 5.65 Å². The van der Waals surface area contributed by atoms with Crippen LogP contribution in [0.5, 0.6) is 0 Å². The Morgan fingerprint density at radius 1 is 1.08 bits per heavy atom. The van der Waals surface area contributed by atoms with Crippen molar-refractivity contribution in [2.45, 2.75) is 31.1 Å². The van der Waals surface area contributed by atoms with Gasteiger partial charge in [0.05, 0.1) is 11.6 Å². The van der Waals surface area contributed by atoms with Gasteiger partial charge in [0.2, 0.25) is 5.91 Å². The fourth-order valence-corrected chi connectivity index (χ4v) is 3.82. The number of nitrogens with one attached hydrogen (secondary N) is 1. The molecule has 2 heterocycles. The molecule has 0 atom stereocenters. The van der Waals surface area contributed by atoms with Crippen LogP contribution in [0.2, 0.25) is 0 Å². The number of rotatable bonds is 3. The minimum Gasteiger partial charge on any atom is -0.310 e. The molecule has 1 aliphatic rings. The van der Waals surface area contributed by atoms with Gasteiger partial charge in [-0.15, -0.1) is 0 Å². The summed E-state index contributed by atoms with van der Waals surface area (Å²) in [6.07, 6.45) is 7.24. The van der Waals surface area contributed by atoms with Gasteiger partial charge in [0.25, 0.3) is 0 Å². The lowest BCUT2D eigenvalue weighted by Crippen LogP contribution is -2.38. The quantitative estimate of drug-likeness (QED) is 0.743. The van der Waals surface area contributed by atoms with Crippen molar-refractivity contribution in [1.29, 1.82) is 0 Å². The third-order valence-corrected chi connectivity index (χ3v) is 5.35. The first kappa shape index (κ1) is 15.3. The number of nitrogens with zero attached hydrogens (tertiary/aromatic N) is 3. The van der Waals surface area contributed by atoms with E-state index in [0.717, 1.165) is 41.4 Å². The van der Waals surface area contributed by atoms with Crippen molar-refractivity contribution < 1.29 is 4.79 Å². The number of hydrogen-bond donors (Lipinski definition) is 1. The van der Waals surface area contributed by atoms with Gasteiger partial charge in [0.1, 0.15) is 5.82 Å². The van der Waals surface area contributed by atoms with Crippen molar-refractivity contribution in [3.63, 3.8) is 0 Å². The maximum absolute atomic E-state index is 13.2. The van der Waals surface area contributed by atoms with Gasteiger partial charge in [-0.1, -0.05) is 40.9 Å². The molecule has 122 valence electrons. The number of halogens is 1. The van der Waals surface area contributed by atoms with Crippen LogP contribution >= 0.6 is 15.9 Å². The summed E-state index contributed by atoms with van der Waals surface area (Å²) in [6, 6.07) is 11.7. The van der Waals surface area contributed by atoms with Gasteiger partial charge in [0.15, 0.2) is 5.65 Å². The van der Waals surface area contributed by atoms with E-state index in [4.69, 9.17) is 0 Å². The van der Waals surface area contributed by atoms with Gasteiger partial charge in [-0.3, -0.25) is 4.79 Å². The van der Waals surface area contributed by atoms with Crippen LogP contribution < -0.4 is 5.32 Å². The number of hydrogen-bond acceptors (Lipinski definition) is 3. The highest BCUT2D eigenvalue weighted by molar-refractivity contribution is 9.10. The summed E-state index contributed by atoms with van der Waals surface area (Å²) >= 11 is 3.47. The third-order valence-electron chi connectivity index (χ3n) is 4.82. The van der Waals surface area contributed by atoms with Crippen molar-refractivity contribution in [1.82, 2.24) is 14.6 Å². The van der Waals surface area contributed by atoms with Gasteiger partial charge >= 0.3 is 0 Å². The third kappa shape index (κ3) is 2.51. The topological polar surface area (TPSA) is 59.3 Å². The number of aromatic nitrogens is 3. The molecule has 1 saturated carbocycles. The average molecular weight is 385 g/mol. The molecule has 3 aromatic rings. The second-order valence-corrected chi connectivity index (χ2v) is 7.10. The lowest BCUT2D eigenvalue weighted by atomic mass is 9.78. The lowest BCUT2D eigenvalue weighted by Gasteiger charge is -2.28. The second kappa shape index (κ2) is 6.02. The maximum atomic E-state index is 13.2. The van der Waals surface area contributed by atoms with E-state index >= 15 is 0 Å². The van der Waals surface area contributed by atoms with Crippen LogP contribution in [-0.4, -0.2) is 20.5 Å². The van der Waals surface area contributed by atoms with E-state index in [2.05, 4.69) is 31.3 Å². The molecule has 6 heteroatoms. The monoisotopic (exact) mass is 384 g/mol. The van der Waals surface area contributed by atoms with Crippen LogP contribution in [0.3, 0.4) is 0 Å². The molecule has 0 spiro atoms. The summed E-state index contributed by atoms with van der Waals surface area (Å²) < 4.78 is 2.68. The Morgan fingerprint density at radius 3 is 2.58 bits per heavy atom. The Kier molecular flexibility index (Phi) is 3.84. The first-order chi connectivity index (χ1) is 11.7. The Bertz CT molecular complexity index is 881. The first-order valence-electron chi connectivity index (χ1n) is 8.05. The molecule has 0 unspecified atom stereocenters. The van der Waals surface area contributed by atoms with Crippen LogP contribution in [0.15, 0.2) is 53.3 Å². The Labute approximate surface area is 148 Å². The minimum absolute atomic E-state index is 0.0327. The van der Waals surface area contributed by atoms with Crippen molar-refractivity contribution in [3.8, 4) is 0 Å². The number of anilines is 1. The molecule has 1 fully saturated rings. The standard InChI is InChI=1S/C18H17BrN4O/c19-14-5-3-13(4-6-14)18(9-1-2-10-18)17(24)22-16-7-11-20-15-8-12-21-23(15)16/h3-8,11-12H,1-2,9-10H2,(H,22,24). The Morgan fingerprint density at radius 2 is 1.83 bits per heavy atom. The molecule has 1 N–H and O–H groups in total. The van der Waals surface area contributed by atoms with Crippen LogP contribution in [0.1, 0.15) is 31.2 Å². The molecule has 2 aromatic heterocycles. The molecule has 24 heavy (non-hydrogen) atoms. The molecular formula is C18H17BrN4O. The number of fused-ring (bicyclic) bond motifs is 1. The first-order valence-corrected chi connectivity index (χ1v) is 8.85. The van der Waals surface area contributed by atoms with E-state index in [1.165, 1.54) is 0 Å². The predicted molar refractivity (Wildman–Crippen MR) is 95.9 cm³/mol. The van der Waals surface area contributed by atoms with Crippen molar-refractivity contribution in [2.24, 2.45) is 0 Å². The predicted octanol–water partition coefficient (Wildman–Crippen LogP) is 3.94. The molecule has 0 bridgehead atoms. The molecule has 1 aromatic carbocycles. The van der Waals surface area contributed by atoms with E-state index < -0.39 is 5.41 Å². The Hall–Kier alpha value is -2.21. The van der Waals surface area contributed by atoms with E-state index in [1.807, 2.05) is 30.3 Å². The molecule has 0 saturated heterocycles. The molecule has 0 aliphatic heterocycles. The highest BCUT2D eigenvalue weighted by atomic mass is 79.9. The van der Waals surface area contributed by atoms with Gasteiger partial charge in [-0.05, 0) is 36.6 Å².